The minimum absolute atomic E-state index is 0.186. The lowest BCUT2D eigenvalue weighted by atomic mass is 10.0. The highest BCUT2D eigenvalue weighted by molar-refractivity contribution is 6.33. The SMILES string of the molecule is CC(C)(C)OC(=O)NCc1cccc(-c2cc(-c3n[nH]c(=O)o3)ccc2Cl)c1. The van der Waals surface area contributed by atoms with E-state index >= 15 is 0 Å². The third kappa shape index (κ3) is 5.01. The Balaban J connectivity index is 1.82. The molecule has 3 rings (SSSR count). The number of hydrogen-bond donors (Lipinski definition) is 2. The highest BCUT2D eigenvalue weighted by Gasteiger charge is 2.16. The van der Waals surface area contributed by atoms with Gasteiger partial charge in [0.05, 0.1) is 0 Å². The van der Waals surface area contributed by atoms with Crippen molar-refractivity contribution in [2.45, 2.75) is 32.9 Å². The van der Waals surface area contributed by atoms with Crippen LogP contribution in [-0.4, -0.2) is 21.9 Å². The van der Waals surface area contributed by atoms with Crippen molar-refractivity contribution < 1.29 is 13.9 Å². The highest BCUT2D eigenvalue weighted by Crippen LogP contribution is 2.32. The number of carbonyl (C=O) groups excluding carboxylic acids is 1. The molecule has 7 nitrogen and oxygen atoms in total. The topological polar surface area (TPSA) is 97.2 Å². The van der Waals surface area contributed by atoms with Crippen LogP contribution >= 0.6 is 11.6 Å². The van der Waals surface area contributed by atoms with Crippen molar-refractivity contribution in [1.82, 2.24) is 15.5 Å². The lowest BCUT2D eigenvalue weighted by Crippen LogP contribution is -2.32. The molecule has 28 heavy (non-hydrogen) atoms. The number of rotatable bonds is 4. The molecule has 0 aliphatic heterocycles. The monoisotopic (exact) mass is 401 g/mol. The van der Waals surface area contributed by atoms with E-state index in [0.29, 0.717) is 17.1 Å². The maximum atomic E-state index is 11.8. The Hall–Kier alpha value is -3.06. The van der Waals surface area contributed by atoms with Crippen LogP contribution in [0, 0.1) is 0 Å². The predicted molar refractivity (Wildman–Crippen MR) is 106 cm³/mol. The summed E-state index contributed by atoms with van der Waals surface area (Å²) in [4.78, 5) is 23.0. The van der Waals surface area contributed by atoms with Crippen LogP contribution in [0.25, 0.3) is 22.6 Å². The summed E-state index contributed by atoms with van der Waals surface area (Å²) in [6.07, 6.45) is -0.480. The zero-order chi connectivity index (χ0) is 20.3. The first-order valence-electron chi connectivity index (χ1n) is 8.63. The number of benzene rings is 2. The Labute approximate surface area is 166 Å². The molecule has 0 radical (unpaired) electrons. The van der Waals surface area contributed by atoms with E-state index in [0.717, 1.165) is 16.7 Å². The largest absolute Gasteiger partial charge is 0.444 e. The quantitative estimate of drug-likeness (QED) is 0.676. The summed E-state index contributed by atoms with van der Waals surface area (Å²) in [6.45, 7) is 5.74. The van der Waals surface area contributed by atoms with Gasteiger partial charge in [0.25, 0.3) is 0 Å². The molecule has 0 unspecified atom stereocenters. The lowest BCUT2D eigenvalue weighted by Gasteiger charge is -2.19. The second kappa shape index (κ2) is 7.90. The zero-order valence-corrected chi connectivity index (χ0v) is 16.5. The smallest absolute Gasteiger partial charge is 0.434 e. The van der Waals surface area contributed by atoms with Crippen LogP contribution in [0.3, 0.4) is 0 Å². The molecule has 1 aromatic heterocycles. The number of nitrogens with zero attached hydrogens (tertiary/aromatic N) is 1. The molecule has 8 heteroatoms. The van der Waals surface area contributed by atoms with Gasteiger partial charge in [-0.25, -0.2) is 14.7 Å². The Bertz CT molecular complexity index is 1050. The van der Waals surface area contributed by atoms with Crippen molar-refractivity contribution in [3.05, 3.63) is 63.6 Å². The Morgan fingerprint density at radius 3 is 2.68 bits per heavy atom. The van der Waals surface area contributed by atoms with Crippen LogP contribution < -0.4 is 11.1 Å². The lowest BCUT2D eigenvalue weighted by molar-refractivity contribution is 0.0523. The van der Waals surface area contributed by atoms with Crippen LogP contribution in [0.4, 0.5) is 4.79 Å². The summed E-state index contributed by atoms with van der Waals surface area (Å²) >= 11 is 6.37. The number of ether oxygens (including phenoxy) is 1. The number of hydrogen-bond acceptors (Lipinski definition) is 5. The number of H-pyrrole nitrogens is 1. The number of aromatic nitrogens is 2. The summed E-state index contributed by atoms with van der Waals surface area (Å²) in [5, 5.41) is 9.34. The number of amides is 1. The molecule has 0 saturated heterocycles. The average molecular weight is 402 g/mol. The first-order chi connectivity index (χ1) is 13.2. The van der Waals surface area contributed by atoms with Gasteiger partial charge in [-0.15, -0.1) is 5.10 Å². The van der Waals surface area contributed by atoms with Crippen LogP contribution in [0.15, 0.2) is 51.7 Å². The summed E-state index contributed by atoms with van der Waals surface area (Å²) in [5.41, 5.74) is 2.56. The second-order valence-corrected chi connectivity index (χ2v) is 7.58. The molecule has 0 spiro atoms. The Kier molecular flexibility index (Phi) is 5.56. The fourth-order valence-electron chi connectivity index (χ4n) is 2.57. The molecule has 1 heterocycles. The molecule has 0 aliphatic carbocycles. The normalized spacial score (nSPS) is 11.3. The van der Waals surface area contributed by atoms with Crippen molar-refractivity contribution in [2.75, 3.05) is 0 Å². The minimum atomic E-state index is -0.623. The summed E-state index contributed by atoms with van der Waals surface area (Å²) in [7, 11) is 0. The Morgan fingerprint density at radius 1 is 1.21 bits per heavy atom. The standard InChI is InChI=1S/C20H20ClN3O4/c1-20(2,3)28-18(25)22-11-12-5-4-6-13(9-12)15-10-14(7-8-16(15)21)17-23-24-19(26)27-17/h4-10H,11H2,1-3H3,(H,22,25)(H,24,26). The first-order valence-corrected chi connectivity index (χ1v) is 9.01. The number of nitrogens with one attached hydrogen (secondary N) is 2. The van der Waals surface area contributed by atoms with Gasteiger partial charge < -0.3 is 14.5 Å². The zero-order valence-electron chi connectivity index (χ0n) is 15.7. The van der Waals surface area contributed by atoms with Crippen LogP contribution in [-0.2, 0) is 11.3 Å². The van der Waals surface area contributed by atoms with Gasteiger partial charge in [0.2, 0.25) is 5.89 Å². The highest BCUT2D eigenvalue weighted by atomic mass is 35.5. The van der Waals surface area contributed by atoms with E-state index in [-0.39, 0.29) is 5.89 Å². The molecule has 0 aliphatic rings. The van der Waals surface area contributed by atoms with Gasteiger partial charge in [-0.1, -0.05) is 29.8 Å². The molecule has 1 amide bonds. The summed E-state index contributed by atoms with van der Waals surface area (Å²) < 4.78 is 10.2. The van der Waals surface area contributed by atoms with Crippen molar-refractivity contribution in [1.29, 1.82) is 0 Å². The third-order valence-corrected chi connectivity index (χ3v) is 4.05. The summed E-state index contributed by atoms with van der Waals surface area (Å²) in [6, 6.07) is 12.8. The molecule has 0 atom stereocenters. The molecule has 0 saturated carbocycles. The van der Waals surface area contributed by atoms with E-state index in [1.54, 1.807) is 18.2 Å². The molecule has 3 aromatic rings. The molecular formula is C20H20ClN3O4. The van der Waals surface area contributed by atoms with Crippen LogP contribution in [0.2, 0.25) is 5.02 Å². The molecule has 2 aromatic carbocycles. The third-order valence-electron chi connectivity index (χ3n) is 3.73. The average Bonchev–Trinajstić information content (AvgIpc) is 3.06. The van der Waals surface area contributed by atoms with Gasteiger partial charge in [0, 0.05) is 22.7 Å². The molecule has 0 fully saturated rings. The number of halogens is 1. The van der Waals surface area contributed by atoms with Gasteiger partial charge in [-0.2, -0.15) is 0 Å². The second-order valence-electron chi connectivity index (χ2n) is 7.17. The Morgan fingerprint density at radius 2 is 2.00 bits per heavy atom. The molecule has 2 N–H and O–H groups in total. The number of alkyl carbamates (subject to hydrolysis) is 1. The van der Waals surface area contributed by atoms with Gasteiger partial charge in [0.1, 0.15) is 5.60 Å². The van der Waals surface area contributed by atoms with Crippen molar-refractivity contribution >= 4 is 17.7 Å². The van der Waals surface area contributed by atoms with Crippen molar-refractivity contribution in [3.8, 4) is 22.6 Å². The van der Waals surface area contributed by atoms with Gasteiger partial charge in [-0.05, 0) is 56.2 Å². The molecule has 0 bridgehead atoms. The van der Waals surface area contributed by atoms with Crippen molar-refractivity contribution in [2.24, 2.45) is 0 Å². The van der Waals surface area contributed by atoms with Gasteiger partial charge in [0.15, 0.2) is 0 Å². The van der Waals surface area contributed by atoms with Gasteiger partial charge in [-0.3, -0.25) is 0 Å². The number of aromatic amines is 1. The van der Waals surface area contributed by atoms with E-state index in [1.807, 2.05) is 45.0 Å². The maximum absolute atomic E-state index is 11.8. The first kappa shape index (κ1) is 19.7. The van der Waals surface area contributed by atoms with Crippen LogP contribution in [0.1, 0.15) is 26.3 Å². The van der Waals surface area contributed by atoms with E-state index in [4.69, 9.17) is 20.8 Å². The van der Waals surface area contributed by atoms with E-state index in [9.17, 15) is 9.59 Å². The summed E-state index contributed by atoms with van der Waals surface area (Å²) in [5.74, 6) is -0.438. The van der Waals surface area contributed by atoms with E-state index in [2.05, 4.69) is 15.5 Å². The van der Waals surface area contributed by atoms with E-state index < -0.39 is 17.5 Å². The van der Waals surface area contributed by atoms with Crippen molar-refractivity contribution in [3.63, 3.8) is 0 Å². The maximum Gasteiger partial charge on any atom is 0.434 e. The molecule has 146 valence electrons. The minimum Gasteiger partial charge on any atom is -0.444 e. The fraction of sp³-hybridized carbons (Fsp3) is 0.250. The molecular weight excluding hydrogens is 382 g/mol. The van der Waals surface area contributed by atoms with Gasteiger partial charge >= 0.3 is 11.8 Å². The fourth-order valence-corrected chi connectivity index (χ4v) is 2.80. The van der Waals surface area contributed by atoms with E-state index in [1.165, 1.54) is 0 Å². The number of carbonyl (C=O) groups is 1. The predicted octanol–water partition coefficient (Wildman–Crippen LogP) is 4.38. The van der Waals surface area contributed by atoms with Crippen LogP contribution in [0.5, 0.6) is 0 Å².